The summed E-state index contributed by atoms with van der Waals surface area (Å²) in [6.45, 7) is 3.63. The summed E-state index contributed by atoms with van der Waals surface area (Å²) in [6.07, 6.45) is 0.530. The van der Waals surface area contributed by atoms with Crippen molar-refractivity contribution in [1.29, 1.82) is 0 Å². The van der Waals surface area contributed by atoms with Gasteiger partial charge in [0.25, 0.3) is 0 Å². The van der Waals surface area contributed by atoms with Crippen LogP contribution in [0.15, 0.2) is 48.5 Å². The van der Waals surface area contributed by atoms with Gasteiger partial charge in [-0.2, -0.15) is 0 Å². The Morgan fingerprint density at radius 1 is 1.04 bits per heavy atom. The van der Waals surface area contributed by atoms with E-state index in [-0.39, 0.29) is 18.2 Å². The highest BCUT2D eigenvalue weighted by atomic mass is 16.5. The first kappa shape index (κ1) is 19.7. The van der Waals surface area contributed by atoms with Crippen LogP contribution in [0.1, 0.15) is 36.5 Å². The third-order valence-electron chi connectivity index (χ3n) is 4.51. The monoisotopic (exact) mass is 376 g/mol. The Morgan fingerprint density at radius 3 is 2.57 bits per heavy atom. The molecule has 0 fully saturated rings. The normalized spacial score (nSPS) is 12.0. The lowest BCUT2D eigenvalue weighted by atomic mass is 10.0. The summed E-state index contributed by atoms with van der Waals surface area (Å²) < 4.78 is 5.18. The third kappa shape index (κ3) is 4.99. The number of nitrogens with one attached hydrogen (secondary N) is 1. The van der Waals surface area contributed by atoms with Crippen LogP contribution in [0.3, 0.4) is 0 Å². The minimum atomic E-state index is -0.106. The lowest BCUT2D eigenvalue weighted by molar-refractivity contribution is -0.122. The molecule has 0 saturated carbocycles. The largest absolute Gasteiger partial charge is 0.381 e. The maximum atomic E-state index is 13.0. The van der Waals surface area contributed by atoms with Crippen molar-refractivity contribution in [3.63, 3.8) is 0 Å². The van der Waals surface area contributed by atoms with Crippen LogP contribution in [0.5, 0.6) is 0 Å². The van der Waals surface area contributed by atoms with Crippen LogP contribution >= 0.6 is 0 Å². The van der Waals surface area contributed by atoms with Gasteiger partial charge in [-0.15, -0.1) is 0 Å². The highest BCUT2D eigenvalue weighted by molar-refractivity contribution is 5.95. The quantitative estimate of drug-likeness (QED) is 0.597. The lowest BCUT2D eigenvalue weighted by Crippen LogP contribution is -2.35. The van der Waals surface area contributed by atoms with Gasteiger partial charge in [-0.3, -0.25) is 9.59 Å². The molecule has 2 aromatic rings. The molecule has 1 aliphatic rings. The second kappa shape index (κ2) is 9.72. The summed E-state index contributed by atoms with van der Waals surface area (Å²) in [5.74, 6) is 6.24. The molecule has 0 spiro atoms. The van der Waals surface area contributed by atoms with Gasteiger partial charge in [-0.05, 0) is 30.7 Å². The minimum Gasteiger partial charge on any atom is -0.381 e. The third-order valence-corrected chi connectivity index (χ3v) is 4.51. The summed E-state index contributed by atoms with van der Waals surface area (Å²) in [7, 11) is 0. The number of anilines is 1. The van der Waals surface area contributed by atoms with E-state index >= 15 is 0 Å². The fourth-order valence-corrected chi connectivity index (χ4v) is 3.05. The van der Waals surface area contributed by atoms with Crippen molar-refractivity contribution in [3.05, 3.63) is 65.2 Å². The van der Waals surface area contributed by atoms with E-state index in [0.717, 1.165) is 22.4 Å². The molecule has 0 unspecified atom stereocenters. The molecule has 0 saturated heterocycles. The van der Waals surface area contributed by atoms with Crippen LogP contribution in [0.25, 0.3) is 0 Å². The van der Waals surface area contributed by atoms with E-state index in [1.165, 1.54) is 0 Å². The maximum Gasteiger partial charge on any atom is 0.229 e. The molecule has 5 nitrogen and oxygen atoms in total. The van der Waals surface area contributed by atoms with Gasteiger partial charge in [0.2, 0.25) is 11.8 Å². The lowest BCUT2D eigenvalue weighted by Gasteiger charge is -2.26. The molecular weight excluding hydrogens is 352 g/mol. The Morgan fingerprint density at radius 2 is 1.75 bits per heavy atom. The van der Waals surface area contributed by atoms with Crippen LogP contribution < -0.4 is 10.2 Å². The maximum absolute atomic E-state index is 13.0. The molecule has 1 aliphatic heterocycles. The fraction of sp³-hybridized carbons (Fsp3) is 0.304. The molecule has 1 heterocycles. The van der Waals surface area contributed by atoms with Gasteiger partial charge >= 0.3 is 0 Å². The Balaban J connectivity index is 1.71. The SMILES string of the molecule is CCOCCC(=O)NCCC(=O)N1Cc2ccccc2C#Cc2ccccc21. The Labute approximate surface area is 165 Å². The van der Waals surface area contributed by atoms with Crippen molar-refractivity contribution in [2.45, 2.75) is 26.3 Å². The summed E-state index contributed by atoms with van der Waals surface area (Å²) in [4.78, 5) is 26.5. The van der Waals surface area contributed by atoms with Gasteiger partial charge in [0.15, 0.2) is 0 Å². The number of para-hydroxylation sites is 1. The van der Waals surface area contributed by atoms with Crippen molar-refractivity contribution >= 4 is 17.5 Å². The zero-order valence-corrected chi connectivity index (χ0v) is 16.0. The number of ether oxygens (including phenoxy) is 1. The van der Waals surface area contributed by atoms with Gasteiger partial charge in [-0.1, -0.05) is 42.2 Å². The predicted octanol–water partition coefficient (Wildman–Crippen LogP) is 2.87. The number of fused-ring (bicyclic) bond motifs is 2. The number of benzene rings is 2. The number of hydrogen-bond acceptors (Lipinski definition) is 3. The summed E-state index contributed by atoms with van der Waals surface area (Å²) >= 11 is 0. The molecule has 0 atom stereocenters. The second-order valence-corrected chi connectivity index (χ2v) is 6.45. The number of amides is 2. The van der Waals surface area contributed by atoms with E-state index in [0.29, 0.717) is 32.7 Å². The van der Waals surface area contributed by atoms with Gasteiger partial charge in [0.1, 0.15) is 0 Å². The van der Waals surface area contributed by atoms with E-state index in [4.69, 9.17) is 4.74 Å². The molecule has 3 rings (SSSR count). The predicted molar refractivity (Wildman–Crippen MR) is 109 cm³/mol. The highest BCUT2D eigenvalue weighted by Gasteiger charge is 2.20. The minimum absolute atomic E-state index is 0.0453. The van der Waals surface area contributed by atoms with Crippen molar-refractivity contribution in [1.82, 2.24) is 5.32 Å². The van der Waals surface area contributed by atoms with E-state index in [9.17, 15) is 9.59 Å². The summed E-state index contributed by atoms with van der Waals surface area (Å²) in [6, 6.07) is 15.5. The molecule has 0 radical (unpaired) electrons. The Bertz CT molecular complexity index is 911. The standard InChI is InChI=1S/C23H24N2O3/c1-2-28-16-14-22(26)24-15-13-23(27)25-17-20-9-4-3-7-18(20)11-12-19-8-5-6-10-21(19)25/h3-10H,2,13-17H2,1H3,(H,24,26). The molecule has 5 heteroatoms. The van der Waals surface area contributed by atoms with Gasteiger partial charge in [0.05, 0.1) is 18.8 Å². The Hall–Kier alpha value is -3.10. The molecule has 144 valence electrons. The number of carbonyl (C=O) groups is 2. The molecule has 28 heavy (non-hydrogen) atoms. The van der Waals surface area contributed by atoms with Crippen molar-refractivity contribution in [3.8, 4) is 11.8 Å². The second-order valence-electron chi connectivity index (χ2n) is 6.45. The number of hydrogen-bond donors (Lipinski definition) is 1. The molecule has 1 N–H and O–H groups in total. The molecule has 0 bridgehead atoms. The first-order chi connectivity index (χ1) is 13.7. The van der Waals surface area contributed by atoms with Gasteiger partial charge in [-0.25, -0.2) is 0 Å². The first-order valence-corrected chi connectivity index (χ1v) is 9.53. The summed E-state index contributed by atoms with van der Waals surface area (Å²) in [5, 5.41) is 2.79. The van der Waals surface area contributed by atoms with Crippen LogP contribution in [-0.2, 0) is 20.9 Å². The zero-order chi connectivity index (χ0) is 19.8. The van der Waals surface area contributed by atoms with Gasteiger partial charge < -0.3 is 15.0 Å². The number of nitrogens with zero attached hydrogens (tertiary/aromatic N) is 1. The molecule has 0 aliphatic carbocycles. The van der Waals surface area contributed by atoms with E-state index in [2.05, 4.69) is 17.2 Å². The number of carbonyl (C=O) groups excluding carboxylic acids is 2. The number of rotatable bonds is 7. The van der Waals surface area contributed by atoms with Crippen LogP contribution in [-0.4, -0.2) is 31.6 Å². The molecular formula is C23H24N2O3. The van der Waals surface area contributed by atoms with Crippen LogP contribution in [0.2, 0.25) is 0 Å². The van der Waals surface area contributed by atoms with E-state index in [1.807, 2.05) is 55.5 Å². The summed E-state index contributed by atoms with van der Waals surface area (Å²) in [5.41, 5.74) is 3.57. The van der Waals surface area contributed by atoms with Crippen molar-refractivity contribution in [2.75, 3.05) is 24.7 Å². The van der Waals surface area contributed by atoms with E-state index in [1.54, 1.807) is 4.90 Å². The zero-order valence-electron chi connectivity index (χ0n) is 16.0. The van der Waals surface area contributed by atoms with Crippen LogP contribution in [0, 0.1) is 11.8 Å². The highest BCUT2D eigenvalue weighted by Crippen LogP contribution is 2.25. The average Bonchev–Trinajstić information content (AvgIpc) is 2.70. The smallest absolute Gasteiger partial charge is 0.229 e. The average molecular weight is 376 g/mol. The molecule has 2 aromatic carbocycles. The van der Waals surface area contributed by atoms with Crippen LogP contribution in [0.4, 0.5) is 5.69 Å². The topological polar surface area (TPSA) is 58.6 Å². The van der Waals surface area contributed by atoms with E-state index < -0.39 is 0 Å². The van der Waals surface area contributed by atoms with Gasteiger partial charge in [0, 0.05) is 37.1 Å². The first-order valence-electron chi connectivity index (χ1n) is 9.53. The van der Waals surface area contributed by atoms with Crippen molar-refractivity contribution in [2.24, 2.45) is 0 Å². The Kier molecular flexibility index (Phi) is 6.83. The molecule has 0 aromatic heterocycles. The fourth-order valence-electron chi connectivity index (χ4n) is 3.05. The molecule has 2 amide bonds. The van der Waals surface area contributed by atoms with Crippen molar-refractivity contribution < 1.29 is 14.3 Å².